The molecule has 0 spiro atoms. The number of nitrogens with one attached hydrogen (secondary N) is 1. The van der Waals surface area contributed by atoms with Gasteiger partial charge < -0.3 is 10.1 Å². The zero-order valence-corrected chi connectivity index (χ0v) is 11.7. The highest BCUT2D eigenvalue weighted by molar-refractivity contribution is 7.92. The zero-order valence-electron chi connectivity index (χ0n) is 10.8. The first-order valence-electron chi connectivity index (χ1n) is 6.81. The van der Waals surface area contributed by atoms with E-state index in [0.29, 0.717) is 24.2 Å². The Morgan fingerprint density at radius 2 is 2.05 bits per heavy atom. The minimum Gasteiger partial charge on any atom is -0.379 e. The van der Waals surface area contributed by atoms with Crippen LogP contribution in [-0.2, 0) is 21.0 Å². The van der Waals surface area contributed by atoms with Crippen LogP contribution in [0.2, 0.25) is 0 Å². The van der Waals surface area contributed by atoms with E-state index in [9.17, 15) is 8.42 Å². The van der Waals surface area contributed by atoms with E-state index in [1.54, 1.807) is 12.1 Å². The molecule has 5 heteroatoms. The molecule has 2 aliphatic rings. The minimum atomic E-state index is -3.23. The van der Waals surface area contributed by atoms with Crippen LogP contribution in [-0.4, -0.2) is 39.5 Å². The van der Waals surface area contributed by atoms with Gasteiger partial charge in [0.15, 0.2) is 9.84 Å². The molecule has 0 aromatic heterocycles. The average Bonchev–Trinajstić information content (AvgIpc) is 2.79. The summed E-state index contributed by atoms with van der Waals surface area (Å²) in [5.74, 6) is 0. The molecule has 0 saturated carbocycles. The fraction of sp³-hybridized carbons (Fsp3) is 0.571. The molecule has 0 radical (unpaired) electrons. The number of ether oxygens (including phenoxy) is 1. The summed E-state index contributed by atoms with van der Waals surface area (Å²) in [4.78, 5) is 0.497. The quantitative estimate of drug-likeness (QED) is 0.899. The van der Waals surface area contributed by atoms with Gasteiger partial charge in [-0.15, -0.1) is 0 Å². The van der Waals surface area contributed by atoms with Crippen LogP contribution < -0.4 is 5.32 Å². The Hall–Kier alpha value is -0.910. The van der Waals surface area contributed by atoms with Gasteiger partial charge in [-0.05, 0) is 37.4 Å². The van der Waals surface area contributed by atoms with Gasteiger partial charge >= 0.3 is 0 Å². The summed E-state index contributed by atoms with van der Waals surface area (Å²) in [6.45, 7) is 1.70. The molecule has 2 saturated heterocycles. The second kappa shape index (κ2) is 5.23. The number of hydrogen-bond donors (Lipinski definition) is 1. The fourth-order valence-corrected chi connectivity index (χ4v) is 4.41. The largest absolute Gasteiger partial charge is 0.379 e. The second-order valence-corrected chi connectivity index (χ2v) is 7.51. The van der Waals surface area contributed by atoms with Crippen molar-refractivity contribution in [1.29, 1.82) is 0 Å². The summed E-state index contributed by atoms with van der Waals surface area (Å²) >= 11 is 0. The Morgan fingerprint density at radius 3 is 2.68 bits per heavy atom. The van der Waals surface area contributed by atoms with Gasteiger partial charge in [0.1, 0.15) is 5.25 Å². The number of hydrogen-bond acceptors (Lipinski definition) is 4. The molecule has 0 aliphatic carbocycles. The van der Waals surface area contributed by atoms with Crippen LogP contribution in [0.25, 0.3) is 0 Å². The summed E-state index contributed by atoms with van der Waals surface area (Å²) < 4.78 is 30.0. The van der Waals surface area contributed by atoms with Crippen LogP contribution in [0.3, 0.4) is 0 Å². The van der Waals surface area contributed by atoms with Gasteiger partial charge in [0.05, 0.1) is 18.1 Å². The summed E-state index contributed by atoms with van der Waals surface area (Å²) in [6, 6.07) is 7.80. The molecule has 104 valence electrons. The molecule has 1 unspecified atom stereocenters. The van der Waals surface area contributed by atoms with E-state index < -0.39 is 9.84 Å². The molecular weight excluding hydrogens is 262 g/mol. The molecule has 3 rings (SSSR count). The normalized spacial score (nSPS) is 24.3. The molecule has 1 N–H and O–H groups in total. The Morgan fingerprint density at radius 1 is 1.26 bits per heavy atom. The van der Waals surface area contributed by atoms with E-state index in [-0.39, 0.29) is 5.25 Å². The predicted octanol–water partition coefficient (Wildman–Crippen LogP) is 1.15. The van der Waals surface area contributed by atoms with E-state index in [4.69, 9.17) is 4.74 Å². The Labute approximate surface area is 114 Å². The van der Waals surface area contributed by atoms with Crippen LogP contribution in [0.5, 0.6) is 0 Å². The lowest BCUT2D eigenvalue weighted by molar-refractivity contribution is 0.0416. The van der Waals surface area contributed by atoms with Gasteiger partial charge in [-0.3, -0.25) is 0 Å². The van der Waals surface area contributed by atoms with Crippen molar-refractivity contribution < 1.29 is 13.2 Å². The number of benzene rings is 1. The monoisotopic (exact) mass is 281 g/mol. The molecule has 2 heterocycles. The lowest BCUT2D eigenvalue weighted by Crippen LogP contribution is -2.41. The maximum atomic E-state index is 12.5. The molecule has 19 heavy (non-hydrogen) atoms. The summed E-state index contributed by atoms with van der Waals surface area (Å²) in [5.41, 5.74) is 0.939. The highest BCUT2D eigenvalue weighted by Crippen LogP contribution is 2.26. The van der Waals surface area contributed by atoms with Gasteiger partial charge in [0.25, 0.3) is 0 Å². The zero-order chi connectivity index (χ0) is 13.3. The lowest BCUT2D eigenvalue weighted by Gasteiger charge is -2.27. The van der Waals surface area contributed by atoms with Gasteiger partial charge in [-0.1, -0.05) is 18.2 Å². The highest BCUT2D eigenvalue weighted by Gasteiger charge is 2.35. The molecule has 2 aliphatic heterocycles. The summed E-state index contributed by atoms with van der Waals surface area (Å²) in [7, 11) is -3.23. The molecule has 1 aromatic carbocycles. The first-order valence-corrected chi connectivity index (χ1v) is 8.35. The standard InChI is InChI=1S/C14H19NO3S/c16-19(17,13-9-18-10-13)14-6-2-1-4-11(14)8-12-5-3-7-15-12/h1-2,4,6,12-13,15H,3,5,7-10H2. The molecule has 4 nitrogen and oxygen atoms in total. The first kappa shape index (κ1) is 13.1. The van der Waals surface area contributed by atoms with Crippen LogP contribution in [0.15, 0.2) is 29.2 Å². The van der Waals surface area contributed by atoms with Crippen molar-refractivity contribution in [2.75, 3.05) is 19.8 Å². The van der Waals surface area contributed by atoms with Gasteiger partial charge in [0.2, 0.25) is 0 Å². The first-order chi connectivity index (χ1) is 9.18. The van der Waals surface area contributed by atoms with Crippen LogP contribution in [0.1, 0.15) is 18.4 Å². The average molecular weight is 281 g/mol. The van der Waals surface area contributed by atoms with Crippen molar-refractivity contribution in [1.82, 2.24) is 5.32 Å². The van der Waals surface area contributed by atoms with Gasteiger partial charge in [-0.2, -0.15) is 0 Å². The third-order valence-corrected chi connectivity index (χ3v) is 6.12. The van der Waals surface area contributed by atoms with Crippen LogP contribution in [0, 0.1) is 0 Å². The fourth-order valence-electron chi connectivity index (χ4n) is 2.72. The molecule has 2 fully saturated rings. The lowest BCUT2D eigenvalue weighted by atomic mass is 10.0. The number of sulfone groups is 1. The maximum Gasteiger partial charge on any atom is 0.186 e. The Bertz CT molecular complexity index is 546. The van der Waals surface area contributed by atoms with E-state index in [2.05, 4.69) is 5.32 Å². The van der Waals surface area contributed by atoms with Crippen molar-refractivity contribution in [3.63, 3.8) is 0 Å². The van der Waals surface area contributed by atoms with E-state index in [1.807, 2.05) is 12.1 Å². The van der Waals surface area contributed by atoms with E-state index in [0.717, 1.165) is 24.9 Å². The third kappa shape index (κ3) is 2.55. The van der Waals surface area contributed by atoms with Crippen molar-refractivity contribution in [3.05, 3.63) is 29.8 Å². The molecule has 0 amide bonds. The highest BCUT2D eigenvalue weighted by atomic mass is 32.2. The second-order valence-electron chi connectivity index (χ2n) is 5.31. The minimum absolute atomic E-state index is 0.332. The molecule has 1 atom stereocenters. The molecule has 1 aromatic rings. The molecule has 0 bridgehead atoms. The Balaban J connectivity index is 1.88. The predicted molar refractivity (Wildman–Crippen MR) is 73.0 cm³/mol. The van der Waals surface area contributed by atoms with Crippen molar-refractivity contribution in [2.45, 2.75) is 35.4 Å². The maximum absolute atomic E-state index is 12.5. The SMILES string of the molecule is O=S(=O)(c1ccccc1CC1CCCN1)C1COC1. The number of rotatable bonds is 4. The van der Waals surface area contributed by atoms with E-state index >= 15 is 0 Å². The smallest absolute Gasteiger partial charge is 0.186 e. The third-order valence-electron chi connectivity index (χ3n) is 3.95. The van der Waals surface area contributed by atoms with Crippen LogP contribution in [0.4, 0.5) is 0 Å². The van der Waals surface area contributed by atoms with Crippen molar-refractivity contribution in [3.8, 4) is 0 Å². The van der Waals surface area contributed by atoms with Gasteiger partial charge in [0, 0.05) is 6.04 Å². The molecular formula is C14H19NO3S. The summed E-state index contributed by atoms with van der Waals surface area (Å²) in [6.07, 6.45) is 3.10. The van der Waals surface area contributed by atoms with Crippen molar-refractivity contribution in [2.24, 2.45) is 0 Å². The van der Waals surface area contributed by atoms with Crippen LogP contribution >= 0.6 is 0 Å². The topological polar surface area (TPSA) is 55.4 Å². The van der Waals surface area contributed by atoms with E-state index in [1.165, 1.54) is 6.42 Å². The van der Waals surface area contributed by atoms with Gasteiger partial charge in [-0.25, -0.2) is 8.42 Å². The van der Waals surface area contributed by atoms with Crippen molar-refractivity contribution >= 4 is 9.84 Å². The summed E-state index contributed by atoms with van der Waals surface area (Å²) in [5, 5.41) is 3.07. The Kier molecular flexibility index (Phi) is 3.60.